The first kappa shape index (κ1) is 21.3. The van der Waals surface area contributed by atoms with Crippen LogP contribution in [0, 0.1) is 19.7 Å². The van der Waals surface area contributed by atoms with E-state index >= 15 is 0 Å². The molecular weight excluding hydrogens is 409 g/mol. The molecule has 5 nitrogen and oxygen atoms in total. The lowest BCUT2D eigenvalue weighted by Gasteiger charge is -2.19. The Bertz CT molecular complexity index is 1410. The van der Waals surface area contributed by atoms with Crippen LogP contribution in [0.25, 0.3) is 22.3 Å². The summed E-state index contributed by atoms with van der Waals surface area (Å²) in [7, 11) is 0. The third-order valence-corrected chi connectivity index (χ3v) is 5.39. The number of halogens is 1. The van der Waals surface area contributed by atoms with Gasteiger partial charge in [0.15, 0.2) is 5.43 Å². The first-order valence-electron chi connectivity index (χ1n) is 10.2. The number of carboxylic acid groups (broad SMARTS) is 1. The Morgan fingerprint density at radius 1 is 1.03 bits per heavy atom. The molecule has 0 radical (unpaired) electrons. The van der Waals surface area contributed by atoms with Gasteiger partial charge in [-0.3, -0.25) is 4.79 Å². The molecule has 1 heterocycles. The van der Waals surface area contributed by atoms with E-state index in [1.54, 1.807) is 43.3 Å². The highest BCUT2D eigenvalue weighted by molar-refractivity contribution is 5.94. The van der Waals surface area contributed by atoms with E-state index in [2.05, 4.69) is 5.32 Å². The lowest BCUT2D eigenvalue weighted by atomic mass is 10.00. The fraction of sp³-hybridized carbons (Fsp3) is 0.154. The zero-order chi connectivity index (χ0) is 23.0. The molecule has 32 heavy (non-hydrogen) atoms. The number of hydrogen-bond acceptors (Lipinski definition) is 4. The van der Waals surface area contributed by atoms with E-state index in [4.69, 9.17) is 4.42 Å². The molecule has 0 aliphatic rings. The van der Waals surface area contributed by atoms with Gasteiger partial charge in [0.2, 0.25) is 0 Å². The second-order valence-corrected chi connectivity index (χ2v) is 7.91. The van der Waals surface area contributed by atoms with Gasteiger partial charge in [-0.05, 0) is 62.2 Å². The summed E-state index contributed by atoms with van der Waals surface area (Å²) in [5.41, 5.74) is 3.15. The van der Waals surface area contributed by atoms with Crippen molar-refractivity contribution in [1.29, 1.82) is 0 Å². The van der Waals surface area contributed by atoms with Crippen molar-refractivity contribution in [3.05, 3.63) is 99.0 Å². The number of benzene rings is 3. The highest BCUT2D eigenvalue weighted by Crippen LogP contribution is 2.32. The van der Waals surface area contributed by atoms with Crippen molar-refractivity contribution in [1.82, 2.24) is 0 Å². The van der Waals surface area contributed by atoms with E-state index in [1.807, 2.05) is 19.9 Å². The number of hydrogen-bond donors (Lipinski definition) is 2. The van der Waals surface area contributed by atoms with E-state index in [1.165, 1.54) is 18.2 Å². The summed E-state index contributed by atoms with van der Waals surface area (Å²) >= 11 is 0. The number of para-hydroxylation sites is 1. The van der Waals surface area contributed by atoms with Crippen molar-refractivity contribution in [2.24, 2.45) is 0 Å². The maximum absolute atomic E-state index is 14.6. The molecule has 4 aromatic rings. The summed E-state index contributed by atoms with van der Waals surface area (Å²) in [4.78, 5) is 24.5. The lowest BCUT2D eigenvalue weighted by Crippen LogP contribution is -2.12. The number of fused-ring (bicyclic) bond motifs is 1. The van der Waals surface area contributed by atoms with Crippen LogP contribution in [0.15, 0.2) is 69.9 Å². The van der Waals surface area contributed by atoms with Crippen LogP contribution in [0.3, 0.4) is 0 Å². The molecule has 0 bridgehead atoms. The van der Waals surface area contributed by atoms with Crippen LogP contribution in [-0.4, -0.2) is 11.1 Å². The van der Waals surface area contributed by atoms with Gasteiger partial charge < -0.3 is 14.8 Å². The van der Waals surface area contributed by atoms with Gasteiger partial charge in [-0.15, -0.1) is 0 Å². The highest BCUT2D eigenvalue weighted by atomic mass is 19.1. The zero-order valence-corrected chi connectivity index (χ0v) is 17.9. The normalized spacial score (nSPS) is 12.0. The van der Waals surface area contributed by atoms with Crippen molar-refractivity contribution >= 4 is 22.6 Å². The fourth-order valence-corrected chi connectivity index (χ4v) is 3.82. The van der Waals surface area contributed by atoms with E-state index in [0.29, 0.717) is 22.2 Å². The molecule has 1 unspecified atom stereocenters. The molecule has 0 fully saturated rings. The Labute approximate surface area is 184 Å². The van der Waals surface area contributed by atoms with E-state index < -0.39 is 11.8 Å². The fourth-order valence-electron chi connectivity index (χ4n) is 3.82. The average molecular weight is 431 g/mol. The maximum Gasteiger partial charge on any atom is 0.337 e. The number of nitrogens with one attached hydrogen (secondary N) is 1. The Hall–Kier alpha value is -3.93. The van der Waals surface area contributed by atoms with E-state index in [9.17, 15) is 19.1 Å². The predicted octanol–water partition coefficient (Wildman–Crippen LogP) is 6.09. The monoisotopic (exact) mass is 431 g/mol. The first-order valence-corrected chi connectivity index (χ1v) is 10.2. The molecule has 0 aliphatic carbocycles. The molecule has 2 N–H and O–H groups in total. The molecule has 0 saturated heterocycles. The Kier molecular flexibility index (Phi) is 5.53. The van der Waals surface area contributed by atoms with Crippen molar-refractivity contribution < 1.29 is 18.7 Å². The number of aryl methyl sites for hydroxylation is 2. The van der Waals surface area contributed by atoms with Crippen LogP contribution in [0.5, 0.6) is 0 Å². The standard InChI is InChI=1S/C26H22FNO4/c1-14-8-9-17(21(27)12-14)24-13-23(29)20-11-15(2)10-19(25(20)32-24)16(3)28-22-7-5-4-6-18(22)26(30)31/h4-13,16,28H,1-3H3,(H,30,31). The van der Waals surface area contributed by atoms with Crippen molar-refractivity contribution in [2.45, 2.75) is 26.8 Å². The number of anilines is 1. The SMILES string of the molecule is Cc1ccc(-c2cc(=O)c3cc(C)cc(C(C)Nc4ccccc4C(=O)O)c3o2)c(F)c1. The van der Waals surface area contributed by atoms with Gasteiger partial charge in [-0.2, -0.15) is 0 Å². The van der Waals surface area contributed by atoms with Crippen molar-refractivity contribution in [3.63, 3.8) is 0 Å². The molecule has 0 saturated carbocycles. The molecule has 162 valence electrons. The topological polar surface area (TPSA) is 79.5 Å². The van der Waals surface area contributed by atoms with Gasteiger partial charge in [-0.25, -0.2) is 9.18 Å². The third-order valence-electron chi connectivity index (χ3n) is 5.39. The Morgan fingerprint density at radius 2 is 1.78 bits per heavy atom. The molecule has 1 aromatic heterocycles. The quantitative estimate of drug-likeness (QED) is 0.400. The van der Waals surface area contributed by atoms with Crippen LogP contribution in [0.2, 0.25) is 0 Å². The predicted molar refractivity (Wildman–Crippen MR) is 123 cm³/mol. The van der Waals surface area contributed by atoms with Gasteiger partial charge in [0.05, 0.1) is 22.6 Å². The van der Waals surface area contributed by atoms with Gasteiger partial charge in [0, 0.05) is 17.3 Å². The van der Waals surface area contributed by atoms with Crippen LogP contribution in [0.1, 0.15) is 40.0 Å². The summed E-state index contributed by atoms with van der Waals surface area (Å²) in [6.45, 7) is 5.51. The molecule has 4 rings (SSSR count). The van der Waals surface area contributed by atoms with Gasteiger partial charge in [0.25, 0.3) is 0 Å². The minimum atomic E-state index is -1.04. The molecule has 6 heteroatoms. The summed E-state index contributed by atoms with van der Waals surface area (Å²) < 4.78 is 20.6. The number of rotatable bonds is 5. The van der Waals surface area contributed by atoms with Crippen molar-refractivity contribution in [2.75, 3.05) is 5.32 Å². The van der Waals surface area contributed by atoms with Crippen LogP contribution < -0.4 is 10.7 Å². The van der Waals surface area contributed by atoms with Crippen molar-refractivity contribution in [3.8, 4) is 11.3 Å². The smallest absolute Gasteiger partial charge is 0.337 e. The molecule has 0 aliphatic heterocycles. The van der Waals surface area contributed by atoms with E-state index in [-0.39, 0.29) is 28.4 Å². The lowest BCUT2D eigenvalue weighted by molar-refractivity contribution is 0.0698. The third kappa shape index (κ3) is 3.99. The molecule has 1 atom stereocenters. The molecule has 0 spiro atoms. The summed E-state index contributed by atoms with van der Waals surface area (Å²) in [5.74, 6) is -1.37. The van der Waals surface area contributed by atoms with Crippen LogP contribution >= 0.6 is 0 Å². The van der Waals surface area contributed by atoms with Gasteiger partial charge >= 0.3 is 5.97 Å². The van der Waals surface area contributed by atoms with Crippen LogP contribution in [0.4, 0.5) is 10.1 Å². The van der Waals surface area contributed by atoms with Gasteiger partial charge in [-0.1, -0.05) is 24.3 Å². The minimum absolute atomic E-state index is 0.139. The summed E-state index contributed by atoms with van der Waals surface area (Å²) in [5, 5.41) is 13.1. The Balaban J connectivity index is 1.87. The molecule has 3 aromatic carbocycles. The average Bonchev–Trinajstić information content (AvgIpc) is 2.74. The number of aromatic carboxylic acids is 1. The maximum atomic E-state index is 14.6. The summed E-state index contributed by atoms with van der Waals surface area (Å²) in [6, 6.07) is 15.9. The minimum Gasteiger partial charge on any atom is -0.478 e. The largest absolute Gasteiger partial charge is 0.478 e. The molecular formula is C26H22FNO4. The summed E-state index contributed by atoms with van der Waals surface area (Å²) in [6.07, 6.45) is 0. The Morgan fingerprint density at radius 3 is 2.50 bits per heavy atom. The second kappa shape index (κ2) is 8.30. The second-order valence-electron chi connectivity index (χ2n) is 7.91. The zero-order valence-electron chi connectivity index (χ0n) is 17.9. The van der Waals surface area contributed by atoms with Crippen LogP contribution in [-0.2, 0) is 0 Å². The molecule has 0 amide bonds. The number of carboxylic acids is 1. The van der Waals surface area contributed by atoms with E-state index in [0.717, 1.165) is 11.1 Å². The number of carbonyl (C=O) groups is 1. The van der Waals surface area contributed by atoms with Gasteiger partial charge in [0.1, 0.15) is 17.2 Å². The first-order chi connectivity index (χ1) is 15.2. The highest BCUT2D eigenvalue weighted by Gasteiger charge is 2.19.